The molecule has 1 N–H and O–H groups in total. The number of hydrogen-bond donors (Lipinski definition) is 1. The van der Waals surface area contributed by atoms with Crippen molar-refractivity contribution in [1.29, 1.82) is 0 Å². The first kappa shape index (κ1) is 14.1. The lowest BCUT2D eigenvalue weighted by atomic mass is 10.1. The van der Waals surface area contributed by atoms with Crippen molar-refractivity contribution in [1.82, 2.24) is 10.3 Å². The lowest BCUT2D eigenvalue weighted by Gasteiger charge is -2.08. The fourth-order valence-electron chi connectivity index (χ4n) is 2.19. The second-order valence-corrected chi connectivity index (χ2v) is 4.79. The summed E-state index contributed by atoms with van der Waals surface area (Å²) >= 11 is 0. The average Bonchev–Trinajstić information content (AvgIpc) is 2.53. The van der Waals surface area contributed by atoms with Gasteiger partial charge in [0.25, 0.3) is 5.91 Å². The highest BCUT2D eigenvalue weighted by Gasteiger charge is 2.11. The van der Waals surface area contributed by atoms with Gasteiger partial charge in [-0.15, -0.1) is 0 Å². The Balaban J connectivity index is 1.79. The van der Waals surface area contributed by atoms with E-state index in [-0.39, 0.29) is 12.1 Å². The van der Waals surface area contributed by atoms with E-state index < -0.39 is 17.5 Å². The summed E-state index contributed by atoms with van der Waals surface area (Å²) in [6.45, 7) is -0.206. The summed E-state index contributed by atoms with van der Waals surface area (Å²) in [5.74, 6) is -1.75. The molecule has 0 saturated heterocycles. The van der Waals surface area contributed by atoms with Gasteiger partial charge in [-0.1, -0.05) is 12.1 Å². The van der Waals surface area contributed by atoms with E-state index >= 15 is 0 Å². The molecule has 0 aliphatic carbocycles. The average molecular weight is 298 g/mol. The first-order valence-corrected chi connectivity index (χ1v) is 6.71. The predicted octanol–water partition coefficient (Wildman–Crippen LogP) is 3.44. The maximum Gasteiger partial charge on any atom is 0.251 e. The SMILES string of the molecule is O=C(NCc1c(F)cccc1F)c1ccc2ncccc2c1. The maximum atomic E-state index is 13.5. The largest absolute Gasteiger partial charge is 0.348 e. The van der Waals surface area contributed by atoms with Gasteiger partial charge in [0.1, 0.15) is 11.6 Å². The molecule has 110 valence electrons. The van der Waals surface area contributed by atoms with Gasteiger partial charge in [0.2, 0.25) is 0 Å². The minimum absolute atomic E-state index is 0.154. The molecule has 5 heteroatoms. The molecule has 0 aliphatic rings. The molecule has 0 fully saturated rings. The van der Waals surface area contributed by atoms with Crippen LogP contribution < -0.4 is 5.32 Å². The van der Waals surface area contributed by atoms with Crippen LogP contribution in [-0.2, 0) is 6.54 Å². The normalized spacial score (nSPS) is 10.6. The first-order valence-electron chi connectivity index (χ1n) is 6.71. The molecule has 1 amide bonds. The third kappa shape index (κ3) is 2.79. The molecule has 0 saturated carbocycles. The molecule has 1 heterocycles. The third-order valence-corrected chi connectivity index (χ3v) is 3.35. The minimum atomic E-state index is -0.678. The van der Waals surface area contributed by atoms with Gasteiger partial charge in [-0.25, -0.2) is 8.78 Å². The molecule has 3 rings (SSSR count). The Labute approximate surface area is 125 Å². The molecule has 0 atom stereocenters. The number of pyridine rings is 1. The molecule has 0 bridgehead atoms. The van der Waals surface area contributed by atoms with E-state index in [1.165, 1.54) is 6.07 Å². The zero-order chi connectivity index (χ0) is 15.5. The second kappa shape index (κ2) is 5.89. The molecule has 0 spiro atoms. The summed E-state index contributed by atoms with van der Waals surface area (Å²) in [5.41, 5.74) is 1.04. The van der Waals surface area contributed by atoms with Crippen molar-refractivity contribution in [3.05, 3.63) is 77.5 Å². The van der Waals surface area contributed by atoms with Gasteiger partial charge in [0.15, 0.2) is 0 Å². The Bertz CT molecular complexity index is 829. The van der Waals surface area contributed by atoms with E-state index in [9.17, 15) is 13.6 Å². The van der Waals surface area contributed by atoms with Crippen LogP contribution in [0.4, 0.5) is 8.78 Å². The summed E-state index contributed by atoms with van der Waals surface area (Å²) < 4.78 is 27.0. The molecule has 0 radical (unpaired) electrons. The van der Waals surface area contributed by atoms with Gasteiger partial charge in [-0.2, -0.15) is 0 Å². The fraction of sp³-hybridized carbons (Fsp3) is 0.0588. The van der Waals surface area contributed by atoms with E-state index in [0.29, 0.717) is 5.56 Å². The lowest BCUT2D eigenvalue weighted by Crippen LogP contribution is -2.24. The third-order valence-electron chi connectivity index (χ3n) is 3.35. The Morgan fingerprint density at radius 1 is 1.05 bits per heavy atom. The summed E-state index contributed by atoms with van der Waals surface area (Å²) in [6, 6.07) is 12.3. The summed E-state index contributed by atoms with van der Waals surface area (Å²) in [4.78, 5) is 16.3. The Kier molecular flexibility index (Phi) is 3.78. The van der Waals surface area contributed by atoms with Crippen molar-refractivity contribution < 1.29 is 13.6 Å². The Morgan fingerprint density at radius 2 is 1.82 bits per heavy atom. The van der Waals surface area contributed by atoms with E-state index in [2.05, 4.69) is 10.3 Å². The zero-order valence-corrected chi connectivity index (χ0v) is 11.5. The van der Waals surface area contributed by atoms with E-state index in [0.717, 1.165) is 23.0 Å². The smallest absolute Gasteiger partial charge is 0.251 e. The number of hydrogen-bond acceptors (Lipinski definition) is 2. The van der Waals surface area contributed by atoms with Crippen molar-refractivity contribution in [3.8, 4) is 0 Å². The number of carbonyl (C=O) groups excluding carboxylic acids is 1. The number of nitrogens with one attached hydrogen (secondary N) is 1. The second-order valence-electron chi connectivity index (χ2n) is 4.79. The van der Waals surface area contributed by atoms with Crippen LogP contribution >= 0.6 is 0 Å². The van der Waals surface area contributed by atoms with E-state index in [1.807, 2.05) is 6.07 Å². The molecule has 0 unspecified atom stereocenters. The number of carbonyl (C=O) groups is 1. The minimum Gasteiger partial charge on any atom is -0.348 e. The van der Waals surface area contributed by atoms with Gasteiger partial charge in [-0.3, -0.25) is 9.78 Å². The van der Waals surface area contributed by atoms with Crippen molar-refractivity contribution >= 4 is 16.8 Å². The van der Waals surface area contributed by atoms with Crippen molar-refractivity contribution in [2.75, 3.05) is 0 Å². The fourth-order valence-corrected chi connectivity index (χ4v) is 2.19. The highest BCUT2D eigenvalue weighted by atomic mass is 19.1. The molecule has 3 aromatic rings. The molecule has 22 heavy (non-hydrogen) atoms. The van der Waals surface area contributed by atoms with Crippen LogP contribution in [-0.4, -0.2) is 10.9 Å². The molecule has 1 aromatic heterocycles. The quantitative estimate of drug-likeness (QED) is 0.805. The van der Waals surface area contributed by atoms with Gasteiger partial charge in [-0.05, 0) is 36.4 Å². The molecule has 3 nitrogen and oxygen atoms in total. The topological polar surface area (TPSA) is 42.0 Å². The van der Waals surface area contributed by atoms with Gasteiger partial charge >= 0.3 is 0 Å². The summed E-state index contributed by atoms with van der Waals surface area (Å²) in [6.07, 6.45) is 1.67. The first-order chi connectivity index (χ1) is 10.6. The molecule has 2 aromatic carbocycles. The predicted molar refractivity (Wildman–Crippen MR) is 79.3 cm³/mol. The van der Waals surface area contributed by atoms with Crippen LogP contribution in [0.25, 0.3) is 10.9 Å². The lowest BCUT2D eigenvalue weighted by molar-refractivity contribution is 0.0950. The highest BCUT2D eigenvalue weighted by Crippen LogP contribution is 2.14. The Hall–Kier alpha value is -2.82. The number of fused-ring (bicyclic) bond motifs is 1. The van der Waals surface area contributed by atoms with Crippen molar-refractivity contribution in [2.24, 2.45) is 0 Å². The Morgan fingerprint density at radius 3 is 2.59 bits per heavy atom. The van der Waals surface area contributed by atoms with E-state index in [4.69, 9.17) is 0 Å². The van der Waals surface area contributed by atoms with Crippen LogP contribution in [0, 0.1) is 11.6 Å². The van der Waals surface area contributed by atoms with Crippen LogP contribution in [0.2, 0.25) is 0 Å². The zero-order valence-electron chi connectivity index (χ0n) is 11.5. The molecule has 0 aliphatic heterocycles. The summed E-state index contributed by atoms with van der Waals surface area (Å²) in [5, 5.41) is 3.35. The molecular weight excluding hydrogens is 286 g/mol. The van der Waals surface area contributed by atoms with Crippen LogP contribution in [0.1, 0.15) is 15.9 Å². The number of benzene rings is 2. The van der Waals surface area contributed by atoms with Gasteiger partial charge in [0, 0.05) is 29.3 Å². The van der Waals surface area contributed by atoms with Crippen molar-refractivity contribution in [2.45, 2.75) is 6.54 Å². The van der Waals surface area contributed by atoms with Crippen LogP contribution in [0.5, 0.6) is 0 Å². The maximum absolute atomic E-state index is 13.5. The van der Waals surface area contributed by atoms with Gasteiger partial charge < -0.3 is 5.32 Å². The van der Waals surface area contributed by atoms with Gasteiger partial charge in [0.05, 0.1) is 5.52 Å². The number of rotatable bonds is 3. The summed E-state index contributed by atoms with van der Waals surface area (Å²) in [7, 11) is 0. The van der Waals surface area contributed by atoms with E-state index in [1.54, 1.807) is 30.5 Å². The monoisotopic (exact) mass is 298 g/mol. The number of halogens is 2. The van der Waals surface area contributed by atoms with Crippen LogP contribution in [0.3, 0.4) is 0 Å². The standard InChI is InChI=1S/C17H12F2N2O/c18-14-4-1-5-15(19)13(14)10-21-17(22)12-6-7-16-11(9-12)3-2-8-20-16/h1-9H,10H2,(H,21,22). The van der Waals surface area contributed by atoms with Crippen molar-refractivity contribution in [3.63, 3.8) is 0 Å². The van der Waals surface area contributed by atoms with Crippen LogP contribution in [0.15, 0.2) is 54.7 Å². The number of amides is 1. The molecular formula is C17H12F2N2O. The highest BCUT2D eigenvalue weighted by molar-refractivity contribution is 5.97. The number of nitrogens with zero attached hydrogens (tertiary/aromatic N) is 1. The number of aromatic nitrogens is 1.